The van der Waals surface area contributed by atoms with Crippen LogP contribution in [-0.4, -0.2) is 36.1 Å². The number of fused-ring (bicyclic) bond motifs is 1. The Labute approximate surface area is 144 Å². The minimum atomic E-state index is -0.00469. The highest BCUT2D eigenvalue weighted by Crippen LogP contribution is 2.33. The van der Waals surface area contributed by atoms with Gasteiger partial charge in [-0.25, -0.2) is 4.98 Å². The molecule has 5 heteroatoms. The summed E-state index contributed by atoms with van der Waals surface area (Å²) in [6, 6.07) is 4.73. The van der Waals surface area contributed by atoms with E-state index in [0.29, 0.717) is 18.5 Å². The van der Waals surface area contributed by atoms with Gasteiger partial charge in [0.25, 0.3) is 0 Å². The SMILES string of the molecule is O=C(NCc1ccc(N2CCCC2)nc1)C1CC2CCCCC2N1. The second-order valence-corrected chi connectivity index (χ2v) is 7.54. The van der Waals surface area contributed by atoms with E-state index >= 15 is 0 Å². The molecule has 1 amide bonds. The number of pyridine rings is 1. The molecular formula is C19H28N4O. The highest BCUT2D eigenvalue weighted by molar-refractivity contribution is 5.82. The first kappa shape index (κ1) is 15.9. The van der Waals surface area contributed by atoms with Gasteiger partial charge in [-0.05, 0) is 49.7 Å². The lowest BCUT2D eigenvalue weighted by Crippen LogP contribution is -2.42. The van der Waals surface area contributed by atoms with Crippen LogP contribution in [0, 0.1) is 5.92 Å². The van der Waals surface area contributed by atoms with Crippen molar-refractivity contribution >= 4 is 11.7 Å². The summed E-state index contributed by atoms with van der Waals surface area (Å²) in [5, 5.41) is 6.63. The highest BCUT2D eigenvalue weighted by atomic mass is 16.2. The standard InChI is InChI=1S/C19H28N4O/c24-19(17-11-15-5-1-2-6-16(15)22-17)21-13-14-7-8-18(20-12-14)23-9-3-4-10-23/h7-8,12,15-17,22H,1-6,9-11,13H2,(H,21,24). The third kappa shape index (κ3) is 3.41. The minimum absolute atomic E-state index is 0.00469. The van der Waals surface area contributed by atoms with Crippen molar-refractivity contribution in [1.29, 1.82) is 0 Å². The number of carbonyl (C=O) groups is 1. The first-order valence-electron chi connectivity index (χ1n) is 9.53. The molecule has 4 rings (SSSR count). The van der Waals surface area contributed by atoms with Crippen molar-refractivity contribution in [2.75, 3.05) is 18.0 Å². The second-order valence-electron chi connectivity index (χ2n) is 7.54. The Morgan fingerprint density at radius 3 is 2.79 bits per heavy atom. The lowest BCUT2D eigenvalue weighted by Gasteiger charge is -2.24. The van der Waals surface area contributed by atoms with Crippen LogP contribution in [0.2, 0.25) is 0 Å². The fourth-order valence-electron chi connectivity index (χ4n) is 4.49. The molecule has 1 saturated carbocycles. The number of nitrogens with zero attached hydrogens (tertiary/aromatic N) is 2. The number of amides is 1. The number of aromatic nitrogens is 1. The molecule has 3 fully saturated rings. The van der Waals surface area contributed by atoms with Crippen LogP contribution in [0.5, 0.6) is 0 Å². The van der Waals surface area contributed by atoms with Crippen LogP contribution >= 0.6 is 0 Å². The normalized spacial score (nSPS) is 29.5. The zero-order valence-corrected chi connectivity index (χ0v) is 14.3. The molecule has 1 aliphatic carbocycles. The summed E-state index contributed by atoms with van der Waals surface area (Å²) in [5.41, 5.74) is 1.07. The fourth-order valence-corrected chi connectivity index (χ4v) is 4.49. The second kappa shape index (κ2) is 7.09. The van der Waals surface area contributed by atoms with Gasteiger partial charge >= 0.3 is 0 Å². The summed E-state index contributed by atoms with van der Waals surface area (Å²) >= 11 is 0. The lowest BCUT2D eigenvalue weighted by molar-refractivity contribution is -0.123. The monoisotopic (exact) mass is 328 g/mol. The molecule has 2 saturated heterocycles. The zero-order valence-electron chi connectivity index (χ0n) is 14.3. The fraction of sp³-hybridized carbons (Fsp3) is 0.684. The predicted octanol–water partition coefficient (Wildman–Crippen LogP) is 2.22. The van der Waals surface area contributed by atoms with Crippen molar-refractivity contribution in [2.45, 2.75) is 63.6 Å². The van der Waals surface area contributed by atoms with Crippen LogP contribution < -0.4 is 15.5 Å². The molecule has 3 heterocycles. The molecule has 24 heavy (non-hydrogen) atoms. The molecule has 3 aliphatic rings. The van der Waals surface area contributed by atoms with E-state index in [2.05, 4.69) is 32.7 Å². The van der Waals surface area contributed by atoms with Crippen LogP contribution in [0.1, 0.15) is 50.5 Å². The molecule has 2 N–H and O–H groups in total. The van der Waals surface area contributed by atoms with E-state index in [9.17, 15) is 4.79 Å². The van der Waals surface area contributed by atoms with E-state index in [1.54, 1.807) is 0 Å². The van der Waals surface area contributed by atoms with Gasteiger partial charge in [-0.2, -0.15) is 0 Å². The third-order valence-corrected chi connectivity index (χ3v) is 5.89. The molecular weight excluding hydrogens is 300 g/mol. The summed E-state index contributed by atoms with van der Waals surface area (Å²) < 4.78 is 0. The maximum Gasteiger partial charge on any atom is 0.237 e. The maximum absolute atomic E-state index is 12.4. The summed E-state index contributed by atoms with van der Waals surface area (Å²) in [4.78, 5) is 19.3. The number of nitrogens with one attached hydrogen (secondary N) is 2. The number of hydrogen-bond acceptors (Lipinski definition) is 4. The van der Waals surface area contributed by atoms with Gasteiger partial charge in [0.05, 0.1) is 6.04 Å². The molecule has 130 valence electrons. The van der Waals surface area contributed by atoms with Crippen molar-refractivity contribution in [3.8, 4) is 0 Å². The van der Waals surface area contributed by atoms with Crippen molar-refractivity contribution in [3.63, 3.8) is 0 Å². The van der Waals surface area contributed by atoms with E-state index in [1.807, 2.05) is 6.20 Å². The van der Waals surface area contributed by atoms with Crippen molar-refractivity contribution in [3.05, 3.63) is 23.9 Å². The Hall–Kier alpha value is -1.62. The van der Waals surface area contributed by atoms with Gasteiger partial charge in [0, 0.05) is 31.9 Å². The number of rotatable bonds is 4. The third-order valence-electron chi connectivity index (χ3n) is 5.89. The maximum atomic E-state index is 12.4. The quantitative estimate of drug-likeness (QED) is 0.890. The highest BCUT2D eigenvalue weighted by Gasteiger charge is 2.37. The van der Waals surface area contributed by atoms with Gasteiger partial charge in [-0.15, -0.1) is 0 Å². The van der Waals surface area contributed by atoms with Crippen molar-refractivity contribution in [2.24, 2.45) is 5.92 Å². The van der Waals surface area contributed by atoms with Gasteiger partial charge in [-0.1, -0.05) is 18.9 Å². The Morgan fingerprint density at radius 2 is 2.04 bits per heavy atom. The molecule has 0 aromatic carbocycles. The number of anilines is 1. The summed E-state index contributed by atoms with van der Waals surface area (Å²) in [7, 11) is 0. The lowest BCUT2D eigenvalue weighted by atomic mass is 9.85. The van der Waals surface area contributed by atoms with Gasteiger partial charge in [0.2, 0.25) is 5.91 Å². The van der Waals surface area contributed by atoms with Crippen LogP contribution in [0.4, 0.5) is 5.82 Å². The van der Waals surface area contributed by atoms with Crippen LogP contribution in [-0.2, 0) is 11.3 Å². The molecule has 0 bridgehead atoms. The van der Waals surface area contributed by atoms with E-state index in [-0.39, 0.29) is 11.9 Å². The van der Waals surface area contributed by atoms with E-state index in [1.165, 1.54) is 38.5 Å². The predicted molar refractivity (Wildman–Crippen MR) is 94.8 cm³/mol. The number of carbonyl (C=O) groups excluding carboxylic acids is 1. The van der Waals surface area contributed by atoms with Gasteiger partial charge in [0.15, 0.2) is 0 Å². The minimum Gasteiger partial charge on any atom is -0.357 e. The molecule has 0 spiro atoms. The van der Waals surface area contributed by atoms with Crippen molar-refractivity contribution in [1.82, 2.24) is 15.6 Å². The Kier molecular flexibility index (Phi) is 4.69. The molecule has 3 unspecified atom stereocenters. The van der Waals surface area contributed by atoms with Gasteiger partial charge in [0.1, 0.15) is 5.82 Å². The summed E-state index contributed by atoms with van der Waals surface area (Å²) in [5.74, 6) is 1.91. The Balaban J connectivity index is 1.28. The van der Waals surface area contributed by atoms with Crippen LogP contribution in [0.15, 0.2) is 18.3 Å². The molecule has 3 atom stereocenters. The van der Waals surface area contributed by atoms with Gasteiger partial charge in [-0.3, -0.25) is 4.79 Å². The first-order valence-corrected chi connectivity index (χ1v) is 9.53. The summed E-state index contributed by atoms with van der Waals surface area (Å²) in [6.45, 7) is 2.79. The van der Waals surface area contributed by atoms with Crippen LogP contribution in [0.25, 0.3) is 0 Å². The molecule has 5 nitrogen and oxygen atoms in total. The van der Waals surface area contributed by atoms with E-state index < -0.39 is 0 Å². The van der Waals surface area contributed by atoms with Crippen LogP contribution in [0.3, 0.4) is 0 Å². The van der Waals surface area contributed by atoms with E-state index in [4.69, 9.17) is 0 Å². The Bertz CT molecular complexity index is 553. The topological polar surface area (TPSA) is 57.3 Å². The zero-order chi connectivity index (χ0) is 16.4. The van der Waals surface area contributed by atoms with Crippen molar-refractivity contribution < 1.29 is 4.79 Å². The molecule has 1 aromatic rings. The summed E-state index contributed by atoms with van der Waals surface area (Å²) in [6.07, 6.45) is 10.6. The largest absolute Gasteiger partial charge is 0.357 e. The average molecular weight is 328 g/mol. The van der Waals surface area contributed by atoms with Gasteiger partial charge < -0.3 is 15.5 Å². The van der Waals surface area contributed by atoms with E-state index in [0.717, 1.165) is 30.9 Å². The first-order chi connectivity index (χ1) is 11.8. The molecule has 2 aliphatic heterocycles. The Morgan fingerprint density at radius 1 is 1.21 bits per heavy atom. The molecule has 1 aromatic heterocycles. The molecule has 0 radical (unpaired) electrons. The average Bonchev–Trinajstić information content (AvgIpc) is 3.29. The smallest absolute Gasteiger partial charge is 0.237 e. The number of hydrogen-bond donors (Lipinski definition) is 2.